The predicted molar refractivity (Wildman–Crippen MR) is 112 cm³/mol. The van der Waals surface area contributed by atoms with E-state index in [1.54, 1.807) is 24.3 Å². The number of nitrogens with one attached hydrogen (secondary N) is 3. The second kappa shape index (κ2) is 10.8. The van der Waals surface area contributed by atoms with Crippen LogP contribution in [0.5, 0.6) is 0 Å². The lowest BCUT2D eigenvalue weighted by Gasteiger charge is -2.18. The summed E-state index contributed by atoms with van der Waals surface area (Å²) < 4.78 is 0. The number of carbonyl (C=O) groups excluding carboxylic acids is 2. The zero-order valence-electron chi connectivity index (χ0n) is 16.6. The Bertz CT molecular complexity index is 820. The minimum Gasteiger partial charge on any atom is -0.481 e. The molecule has 2 aromatic rings. The van der Waals surface area contributed by atoms with Crippen molar-refractivity contribution >= 4 is 23.6 Å². The minimum absolute atomic E-state index is 0.0207. The van der Waals surface area contributed by atoms with Crippen molar-refractivity contribution in [3.63, 3.8) is 0 Å². The summed E-state index contributed by atoms with van der Waals surface area (Å²) in [7, 11) is 0. The van der Waals surface area contributed by atoms with Crippen LogP contribution in [0.1, 0.15) is 42.6 Å². The summed E-state index contributed by atoms with van der Waals surface area (Å²) in [5, 5.41) is 17.3. The van der Waals surface area contributed by atoms with Crippen LogP contribution >= 0.6 is 0 Å². The van der Waals surface area contributed by atoms with Gasteiger partial charge in [-0.05, 0) is 56.5 Å². The van der Waals surface area contributed by atoms with Crippen molar-refractivity contribution in [1.29, 1.82) is 0 Å². The first-order valence-corrected chi connectivity index (χ1v) is 9.57. The van der Waals surface area contributed by atoms with E-state index in [1.807, 2.05) is 44.2 Å². The van der Waals surface area contributed by atoms with Crippen LogP contribution in [0.3, 0.4) is 0 Å². The molecule has 0 bridgehead atoms. The van der Waals surface area contributed by atoms with Crippen molar-refractivity contribution in [3.05, 3.63) is 65.7 Å². The highest BCUT2D eigenvalue weighted by Crippen LogP contribution is 2.12. The number of hydrogen-bond donors (Lipinski definition) is 4. The molecule has 154 valence electrons. The topological polar surface area (TPSA) is 108 Å². The molecule has 2 aromatic carbocycles. The molecule has 0 aromatic heterocycles. The summed E-state index contributed by atoms with van der Waals surface area (Å²) >= 11 is 0. The number of carbonyl (C=O) groups is 3. The third-order valence-corrected chi connectivity index (χ3v) is 4.19. The quantitative estimate of drug-likeness (QED) is 0.520. The lowest BCUT2D eigenvalue weighted by molar-refractivity contribution is -0.137. The maximum Gasteiger partial charge on any atom is 0.319 e. The number of rotatable bonds is 9. The van der Waals surface area contributed by atoms with E-state index in [2.05, 4.69) is 16.0 Å². The van der Waals surface area contributed by atoms with Crippen molar-refractivity contribution in [1.82, 2.24) is 10.6 Å². The SMILES string of the molecule is CC(C)NC(=O)Nc1ccc(C(=O)NC(CCC(=O)O)Cc2ccccc2)cc1. The van der Waals surface area contributed by atoms with Crippen LogP contribution in [0.4, 0.5) is 10.5 Å². The van der Waals surface area contributed by atoms with E-state index in [9.17, 15) is 14.4 Å². The normalized spacial score (nSPS) is 11.6. The monoisotopic (exact) mass is 397 g/mol. The van der Waals surface area contributed by atoms with Gasteiger partial charge in [-0.15, -0.1) is 0 Å². The van der Waals surface area contributed by atoms with Gasteiger partial charge in [-0.25, -0.2) is 4.79 Å². The second-order valence-corrected chi connectivity index (χ2v) is 7.12. The van der Waals surface area contributed by atoms with E-state index in [0.717, 1.165) is 5.56 Å². The maximum absolute atomic E-state index is 12.6. The number of aliphatic carboxylic acids is 1. The van der Waals surface area contributed by atoms with Crippen LogP contribution < -0.4 is 16.0 Å². The highest BCUT2D eigenvalue weighted by Gasteiger charge is 2.16. The Morgan fingerprint density at radius 2 is 1.59 bits per heavy atom. The number of hydrogen-bond acceptors (Lipinski definition) is 3. The Labute approximate surface area is 170 Å². The summed E-state index contributed by atoms with van der Waals surface area (Å²) in [6.45, 7) is 3.73. The molecule has 0 fully saturated rings. The highest BCUT2D eigenvalue weighted by atomic mass is 16.4. The lowest BCUT2D eigenvalue weighted by atomic mass is 10.0. The van der Waals surface area contributed by atoms with E-state index in [-0.39, 0.29) is 30.4 Å². The first-order valence-electron chi connectivity index (χ1n) is 9.57. The minimum atomic E-state index is -0.896. The van der Waals surface area contributed by atoms with Gasteiger partial charge in [-0.2, -0.15) is 0 Å². The summed E-state index contributed by atoms with van der Waals surface area (Å²) in [5.41, 5.74) is 2.04. The standard InChI is InChI=1S/C22H27N3O4/c1-15(2)23-22(29)25-18-10-8-17(9-11-18)21(28)24-19(12-13-20(26)27)14-16-6-4-3-5-7-16/h3-11,15,19H,12-14H2,1-2H3,(H,24,28)(H,26,27)(H2,23,25,29). The number of carboxylic acids is 1. The van der Waals surface area contributed by atoms with Gasteiger partial charge in [-0.1, -0.05) is 30.3 Å². The molecule has 0 saturated carbocycles. The van der Waals surface area contributed by atoms with Crippen molar-refractivity contribution in [2.24, 2.45) is 0 Å². The van der Waals surface area contributed by atoms with E-state index >= 15 is 0 Å². The van der Waals surface area contributed by atoms with E-state index < -0.39 is 5.97 Å². The van der Waals surface area contributed by atoms with Crippen LogP contribution in [-0.2, 0) is 11.2 Å². The molecule has 0 aliphatic carbocycles. The molecule has 3 amide bonds. The van der Waals surface area contributed by atoms with Gasteiger partial charge >= 0.3 is 12.0 Å². The molecule has 1 unspecified atom stereocenters. The fourth-order valence-corrected chi connectivity index (χ4v) is 2.82. The summed E-state index contributed by atoms with van der Waals surface area (Å²) in [4.78, 5) is 35.3. The highest BCUT2D eigenvalue weighted by molar-refractivity contribution is 5.95. The molecular weight excluding hydrogens is 370 g/mol. The fourth-order valence-electron chi connectivity index (χ4n) is 2.82. The number of anilines is 1. The molecule has 0 saturated heterocycles. The van der Waals surface area contributed by atoms with Crippen LogP contribution in [0, 0.1) is 0 Å². The Hall–Kier alpha value is -3.35. The summed E-state index contributed by atoms with van der Waals surface area (Å²) in [6.07, 6.45) is 0.867. The smallest absolute Gasteiger partial charge is 0.319 e. The van der Waals surface area contributed by atoms with Crippen molar-refractivity contribution in [3.8, 4) is 0 Å². The van der Waals surface area contributed by atoms with Gasteiger partial charge in [-0.3, -0.25) is 9.59 Å². The van der Waals surface area contributed by atoms with E-state index in [1.165, 1.54) is 0 Å². The average molecular weight is 397 g/mol. The van der Waals surface area contributed by atoms with Gasteiger partial charge in [0.15, 0.2) is 0 Å². The fraction of sp³-hybridized carbons (Fsp3) is 0.318. The average Bonchev–Trinajstić information content (AvgIpc) is 2.66. The lowest BCUT2D eigenvalue weighted by Crippen LogP contribution is -2.37. The number of benzene rings is 2. The summed E-state index contributed by atoms with van der Waals surface area (Å²) in [5.74, 6) is -1.18. The van der Waals surface area contributed by atoms with Crippen LogP contribution in [0.15, 0.2) is 54.6 Å². The van der Waals surface area contributed by atoms with Crippen LogP contribution in [0.25, 0.3) is 0 Å². The van der Waals surface area contributed by atoms with Gasteiger partial charge < -0.3 is 21.1 Å². The Morgan fingerprint density at radius 1 is 0.931 bits per heavy atom. The van der Waals surface area contributed by atoms with Crippen molar-refractivity contribution < 1.29 is 19.5 Å². The van der Waals surface area contributed by atoms with Gasteiger partial charge in [0.1, 0.15) is 0 Å². The molecule has 4 N–H and O–H groups in total. The molecule has 0 heterocycles. The molecule has 0 spiro atoms. The molecule has 1 atom stereocenters. The molecule has 2 rings (SSSR count). The van der Waals surface area contributed by atoms with Crippen LogP contribution in [0.2, 0.25) is 0 Å². The zero-order chi connectivity index (χ0) is 21.2. The molecule has 7 nitrogen and oxygen atoms in total. The Kier molecular flexibility index (Phi) is 8.21. The number of urea groups is 1. The third kappa shape index (κ3) is 8.04. The first kappa shape index (κ1) is 21.9. The van der Waals surface area contributed by atoms with Gasteiger partial charge in [0.2, 0.25) is 0 Å². The maximum atomic E-state index is 12.6. The molecule has 29 heavy (non-hydrogen) atoms. The molecule has 0 radical (unpaired) electrons. The summed E-state index contributed by atoms with van der Waals surface area (Å²) in [6, 6.07) is 15.6. The van der Waals surface area contributed by atoms with Crippen molar-refractivity contribution in [2.45, 2.75) is 45.2 Å². The first-order chi connectivity index (χ1) is 13.8. The molecular formula is C22H27N3O4. The molecule has 0 aliphatic rings. The predicted octanol–water partition coefficient (Wildman–Crippen LogP) is 3.42. The Morgan fingerprint density at radius 3 is 2.17 bits per heavy atom. The third-order valence-electron chi connectivity index (χ3n) is 4.19. The Balaban J connectivity index is 2.00. The largest absolute Gasteiger partial charge is 0.481 e. The van der Waals surface area contributed by atoms with Gasteiger partial charge in [0.05, 0.1) is 0 Å². The van der Waals surface area contributed by atoms with Gasteiger partial charge in [0, 0.05) is 29.8 Å². The van der Waals surface area contributed by atoms with E-state index in [4.69, 9.17) is 5.11 Å². The van der Waals surface area contributed by atoms with Gasteiger partial charge in [0.25, 0.3) is 5.91 Å². The molecule has 0 aliphatic heterocycles. The second-order valence-electron chi connectivity index (χ2n) is 7.12. The van der Waals surface area contributed by atoms with Crippen molar-refractivity contribution in [2.75, 3.05) is 5.32 Å². The number of carboxylic acid groups (broad SMARTS) is 1. The molecule has 7 heteroatoms. The van der Waals surface area contributed by atoms with Crippen LogP contribution in [-0.4, -0.2) is 35.1 Å². The number of amides is 3. The zero-order valence-corrected chi connectivity index (χ0v) is 16.6. The van der Waals surface area contributed by atoms with E-state index in [0.29, 0.717) is 24.1 Å².